The smallest absolute Gasteiger partial charge is 0.305 e. The molecule has 2 aromatic carbocycles. The minimum absolute atomic E-state index is 0.140. The van der Waals surface area contributed by atoms with Gasteiger partial charge in [0, 0.05) is 11.1 Å². The van der Waals surface area contributed by atoms with E-state index in [2.05, 4.69) is 15.5 Å². The largest absolute Gasteiger partial charge is 0.488 e. The van der Waals surface area contributed by atoms with Gasteiger partial charge in [-0.15, -0.1) is 5.10 Å². The summed E-state index contributed by atoms with van der Waals surface area (Å²) in [6.07, 6.45) is 1.16. The summed E-state index contributed by atoms with van der Waals surface area (Å²) in [6.45, 7) is 0.140. The molecule has 2 aromatic rings. The van der Waals surface area contributed by atoms with E-state index in [1.54, 1.807) is 30.3 Å². The van der Waals surface area contributed by atoms with Gasteiger partial charge in [0.15, 0.2) is 5.17 Å². The Labute approximate surface area is 174 Å². The van der Waals surface area contributed by atoms with E-state index in [4.69, 9.17) is 21.4 Å². The second-order valence-electron chi connectivity index (χ2n) is 5.91. The number of hydrogen-bond donors (Lipinski definition) is 2. The zero-order valence-electron chi connectivity index (χ0n) is 14.8. The maximum Gasteiger partial charge on any atom is 0.305 e. The van der Waals surface area contributed by atoms with Crippen LogP contribution >= 0.6 is 23.4 Å². The number of carbonyl (C=O) groups excluding carboxylic acids is 1. The molecular weight excluding hydrogens is 421 g/mol. The molecule has 1 fully saturated rings. The molecule has 0 aromatic heterocycles. The fraction of sp³-hybridized carbons (Fsp3) is 0.158. The number of nitrogens with zero attached hydrogens (tertiary/aromatic N) is 2. The molecule has 1 aliphatic rings. The molecule has 1 saturated heterocycles. The summed E-state index contributed by atoms with van der Waals surface area (Å²) >= 11 is 7.02. The van der Waals surface area contributed by atoms with Crippen molar-refractivity contribution >= 4 is 46.6 Å². The molecule has 150 valence electrons. The first kappa shape index (κ1) is 20.8. The fourth-order valence-corrected chi connectivity index (χ4v) is 3.54. The lowest BCUT2D eigenvalue weighted by molar-refractivity contribution is -0.138. The monoisotopic (exact) mass is 435 g/mol. The van der Waals surface area contributed by atoms with Gasteiger partial charge in [0.05, 0.1) is 17.7 Å². The van der Waals surface area contributed by atoms with Gasteiger partial charge in [-0.2, -0.15) is 5.10 Å². The summed E-state index contributed by atoms with van der Waals surface area (Å²) in [4.78, 5) is 22.4. The molecular formula is C19H15ClFN3O4S. The van der Waals surface area contributed by atoms with Gasteiger partial charge in [-0.25, -0.2) is 4.39 Å². The van der Waals surface area contributed by atoms with Gasteiger partial charge in [-0.05, 0) is 24.3 Å². The Balaban J connectivity index is 1.66. The molecule has 0 spiro atoms. The normalized spacial score (nSPS) is 17.7. The van der Waals surface area contributed by atoms with Gasteiger partial charge in [-0.3, -0.25) is 9.59 Å². The van der Waals surface area contributed by atoms with Crippen molar-refractivity contribution in [3.8, 4) is 5.75 Å². The first-order valence-electron chi connectivity index (χ1n) is 8.38. The van der Waals surface area contributed by atoms with Crippen molar-refractivity contribution < 1.29 is 23.8 Å². The second kappa shape index (κ2) is 9.53. The van der Waals surface area contributed by atoms with Crippen LogP contribution < -0.4 is 10.1 Å². The Morgan fingerprint density at radius 1 is 1.34 bits per heavy atom. The number of hydrogen-bond acceptors (Lipinski definition) is 6. The summed E-state index contributed by atoms with van der Waals surface area (Å²) in [5.41, 5.74) is 1.26. The van der Waals surface area contributed by atoms with Crippen molar-refractivity contribution in [1.82, 2.24) is 5.32 Å². The third-order valence-corrected chi connectivity index (χ3v) is 5.22. The standard InChI is InChI=1S/C19H15ClFN3O4S/c20-14-7-13(21)6-5-12(14)10-28-15-4-2-1-3-11(15)9-22-24-19-23-18(27)16(29-19)8-17(25)26/h1-7,9,16H,8,10H2,(H,25,26)(H,23,24,27). The number of ether oxygens (including phenoxy) is 1. The third-order valence-electron chi connectivity index (χ3n) is 3.80. The number of nitrogens with one attached hydrogen (secondary N) is 1. The SMILES string of the molecule is O=C(O)CC1SC(=NN=Cc2ccccc2OCc2ccc(F)cc2Cl)NC1=O. The van der Waals surface area contributed by atoms with Crippen LogP contribution in [-0.2, 0) is 16.2 Å². The van der Waals surface area contributed by atoms with E-state index in [1.165, 1.54) is 18.3 Å². The van der Waals surface area contributed by atoms with Crippen LogP contribution in [0.5, 0.6) is 5.75 Å². The van der Waals surface area contributed by atoms with E-state index in [9.17, 15) is 14.0 Å². The lowest BCUT2D eigenvalue weighted by Crippen LogP contribution is -2.26. The molecule has 3 rings (SSSR count). The van der Waals surface area contributed by atoms with Crippen LogP contribution in [0.3, 0.4) is 0 Å². The molecule has 29 heavy (non-hydrogen) atoms. The lowest BCUT2D eigenvalue weighted by atomic mass is 10.2. The first-order valence-corrected chi connectivity index (χ1v) is 9.64. The van der Waals surface area contributed by atoms with Crippen LogP contribution in [-0.4, -0.2) is 33.6 Å². The summed E-state index contributed by atoms with van der Waals surface area (Å²) < 4.78 is 18.9. The molecule has 1 aliphatic heterocycles. The van der Waals surface area contributed by atoms with Crippen LogP contribution in [0.25, 0.3) is 0 Å². The number of rotatable bonds is 7. The van der Waals surface area contributed by atoms with Crippen LogP contribution in [0.15, 0.2) is 52.7 Å². The van der Waals surface area contributed by atoms with Gasteiger partial charge in [0.25, 0.3) is 0 Å². The van der Waals surface area contributed by atoms with E-state index < -0.39 is 22.9 Å². The zero-order chi connectivity index (χ0) is 20.8. The molecule has 0 saturated carbocycles. The predicted molar refractivity (Wildman–Crippen MR) is 109 cm³/mol. The van der Waals surface area contributed by atoms with Crippen LogP contribution in [0.1, 0.15) is 17.5 Å². The molecule has 2 N–H and O–H groups in total. The highest BCUT2D eigenvalue weighted by Gasteiger charge is 2.32. The van der Waals surface area contributed by atoms with Crippen molar-refractivity contribution in [2.45, 2.75) is 18.3 Å². The van der Waals surface area contributed by atoms with Crippen LogP contribution in [0, 0.1) is 5.82 Å². The van der Waals surface area contributed by atoms with Crippen molar-refractivity contribution in [3.63, 3.8) is 0 Å². The first-order chi connectivity index (χ1) is 13.9. The number of amidine groups is 1. The molecule has 0 bridgehead atoms. The van der Waals surface area contributed by atoms with E-state index in [1.807, 2.05) is 0 Å². The number of para-hydroxylation sites is 1. The van der Waals surface area contributed by atoms with Gasteiger partial charge in [0.2, 0.25) is 5.91 Å². The fourth-order valence-electron chi connectivity index (χ4n) is 2.40. The van der Waals surface area contributed by atoms with Gasteiger partial charge in [-0.1, -0.05) is 41.6 Å². The summed E-state index contributed by atoms with van der Waals surface area (Å²) in [5.74, 6) is -1.38. The van der Waals surface area contributed by atoms with Crippen molar-refractivity contribution in [3.05, 3.63) is 64.4 Å². The number of carbonyl (C=O) groups is 2. The maximum atomic E-state index is 13.1. The minimum atomic E-state index is -1.06. The third kappa shape index (κ3) is 5.78. The van der Waals surface area contributed by atoms with Crippen LogP contribution in [0.4, 0.5) is 4.39 Å². The van der Waals surface area contributed by atoms with E-state index in [0.29, 0.717) is 16.9 Å². The Morgan fingerprint density at radius 3 is 2.90 bits per heavy atom. The topological polar surface area (TPSA) is 100 Å². The molecule has 0 aliphatic carbocycles. The van der Waals surface area contributed by atoms with Crippen LogP contribution in [0.2, 0.25) is 5.02 Å². The number of carboxylic acid groups (broad SMARTS) is 1. The second-order valence-corrected chi connectivity index (χ2v) is 7.50. The highest BCUT2D eigenvalue weighted by atomic mass is 35.5. The van der Waals surface area contributed by atoms with Gasteiger partial charge >= 0.3 is 5.97 Å². The van der Waals surface area contributed by atoms with E-state index in [-0.39, 0.29) is 23.2 Å². The lowest BCUT2D eigenvalue weighted by Gasteiger charge is -2.10. The Hall–Kier alpha value is -2.91. The predicted octanol–water partition coefficient (Wildman–Crippen LogP) is 3.45. The molecule has 1 heterocycles. The molecule has 1 unspecified atom stereocenters. The average Bonchev–Trinajstić information content (AvgIpc) is 3.00. The quantitative estimate of drug-likeness (QED) is 0.512. The molecule has 10 heteroatoms. The zero-order valence-corrected chi connectivity index (χ0v) is 16.4. The molecule has 1 atom stereocenters. The molecule has 0 radical (unpaired) electrons. The van der Waals surface area contributed by atoms with Gasteiger partial charge < -0.3 is 15.2 Å². The molecule has 7 nitrogen and oxygen atoms in total. The Kier molecular flexibility index (Phi) is 6.84. The summed E-state index contributed by atoms with van der Waals surface area (Å²) in [7, 11) is 0. The van der Waals surface area contributed by atoms with Crippen molar-refractivity contribution in [2.75, 3.05) is 0 Å². The number of amides is 1. The maximum absolute atomic E-state index is 13.1. The van der Waals surface area contributed by atoms with Gasteiger partial charge in [0.1, 0.15) is 23.4 Å². The summed E-state index contributed by atoms with van der Waals surface area (Å²) in [5, 5.41) is 18.9. The highest BCUT2D eigenvalue weighted by molar-refractivity contribution is 8.15. The summed E-state index contributed by atoms with van der Waals surface area (Å²) in [6, 6.07) is 11.2. The number of aliphatic carboxylic acids is 1. The number of thioether (sulfide) groups is 1. The number of halogens is 2. The van der Waals surface area contributed by atoms with Crippen molar-refractivity contribution in [1.29, 1.82) is 0 Å². The average molecular weight is 436 g/mol. The number of benzene rings is 2. The molecule has 1 amide bonds. The van der Waals surface area contributed by atoms with Crippen molar-refractivity contribution in [2.24, 2.45) is 10.2 Å². The number of carboxylic acids is 1. The van der Waals surface area contributed by atoms with E-state index in [0.717, 1.165) is 11.8 Å². The van der Waals surface area contributed by atoms with E-state index >= 15 is 0 Å². The minimum Gasteiger partial charge on any atom is -0.488 e. The Morgan fingerprint density at radius 2 is 2.14 bits per heavy atom. The Bertz CT molecular complexity index is 999. The highest BCUT2D eigenvalue weighted by Crippen LogP contribution is 2.23.